The van der Waals surface area contributed by atoms with Crippen molar-refractivity contribution in [3.63, 3.8) is 0 Å². The molecule has 0 aliphatic heterocycles. The molecule has 3 rings (SSSR count). The first kappa shape index (κ1) is 18.7. The summed E-state index contributed by atoms with van der Waals surface area (Å²) in [5.41, 5.74) is 0.861. The number of nitrogens with zero attached hydrogens (tertiary/aromatic N) is 1. The number of methoxy groups -OCH3 is 1. The van der Waals surface area contributed by atoms with Gasteiger partial charge >= 0.3 is 5.97 Å². The zero-order chi connectivity index (χ0) is 18.5. The Hall–Kier alpha value is -2.05. The number of nitrogens with one attached hydrogen (secondary N) is 1. The Morgan fingerprint density at radius 1 is 1.31 bits per heavy atom. The molecule has 1 N–H and O–H groups in total. The molecule has 0 radical (unpaired) electrons. The van der Waals surface area contributed by atoms with Gasteiger partial charge in [-0.2, -0.15) is 0 Å². The summed E-state index contributed by atoms with van der Waals surface area (Å²) in [4.78, 5) is 16.3. The number of hydrogen-bond acceptors (Lipinski definition) is 6. The topological polar surface area (TPSA) is 69.7 Å². The fourth-order valence-electron chi connectivity index (χ4n) is 3.16. The van der Waals surface area contributed by atoms with E-state index in [-0.39, 0.29) is 12.2 Å². The van der Waals surface area contributed by atoms with Gasteiger partial charge in [-0.25, -0.2) is 4.79 Å². The minimum Gasteiger partial charge on any atom is -0.493 e. The van der Waals surface area contributed by atoms with Crippen molar-refractivity contribution in [3.05, 3.63) is 28.9 Å². The fraction of sp³-hybridized carbons (Fsp3) is 0.474. The van der Waals surface area contributed by atoms with Crippen LogP contribution >= 0.6 is 11.6 Å². The molecule has 1 aliphatic carbocycles. The molecule has 140 valence electrons. The van der Waals surface area contributed by atoms with Crippen molar-refractivity contribution >= 4 is 28.5 Å². The molecular formula is C19H23ClN2O4. The number of pyridine rings is 1. The molecule has 1 heterocycles. The Bertz CT molecular complexity index is 791. The average Bonchev–Trinajstić information content (AvgIpc) is 3.15. The number of carbonyl (C=O) groups is 1. The number of halogens is 1. The number of hydrogen-bond donors (Lipinski definition) is 1. The van der Waals surface area contributed by atoms with Crippen molar-refractivity contribution in [2.45, 2.75) is 38.6 Å². The van der Waals surface area contributed by atoms with Crippen LogP contribution in [-0.2, 0) is 4.74 Å². The van der Waals surface area contributed by atoms with Crippen LogP contribution < -0.4 is 14.8 Å². The fourth-order valence-corrected chi connectivity index (χ4v) is 3.44. The van der Waals surface area contributed by atoms with Gasteiger partial charge in [0.2, 0.25) is 0 Å². The standard InChI is InChI=1S/C19H23ClN2O4/c1-3-25-19(23)14-10-21-15-9-17(16(24-2)8-13(15)18(14)20)26-11-22-12-6-4-5-7-12/h8-10,12,22H,3-7,11H2,1-2H3. The number of carbonyl (C=O) groups excluding carboxylic acids is 1. The molecule has 1 fully saturated rings. The minimum absolute atomic E-state index is 0.236. The first-order valence-corrected chi connectivity index (χ1v) is 9.21. The smallest absolute Gasteiger partial charge is 0.341 e. The summed E-state index contributed by atoms with van der Waals surface area (Å²) in [7, 11) is 1.56. The molecule has 1 aliphatic rings. The first-order chi connectivity index (χ1) is 12.6. The lowest BCUT2D eigenvalue weighted by Gasteiger charge is -2.16. The molecule has 26 heavy (non-hydrogen) atoms. The van der Waals surface area contributed by atoms with Gasteiger partial charge in [0.1, 0.15) is 6.73 Å². The van der Waals surface area contributed by atoms with Crippen molar-refractivity contribution in [1.82, 2.24) is 10.3 Å². The Morgan fingerprint density at radius 2 is 2.08 bits per heavy atom. The van der Waals surface area contributed by atoms with Crippen LogP contribution in [0, 0.1) is 0 Å². The lowest BCUT2D eigenvalue weighted by atomic mass is 10.1. The van der Waals surface area contributed by atoms with Crippen molar-refractivity contribution in [3.8, 4) is 11.5 Å². The molecular weight excluding hydrogens is 356 g/mol. The molecule has 1 aromatic carbocycles. The van der Waals surface area contributed by atoms with E-state index < -0.39 is 5.97 Å². The number of rotatable bonds is 7. The summed E-state index contributed by atoms with van der Waals surface area (Å²) in [5.74, 6) is 0.625. The normalized spacial score (nSPS) is 14.6. The van der Waals surface area contributed by atoms with Gasteiger partial charge < -0.3 is 14.2 Å². The molecule has 0 spiro atoms. The highest BCUT2D eigenvalue weighted by Gasteiger charge is 2.18. The second-order valence-electron chi connectivity index (χ2n) is 6.20. The molecule has 0 bridgehead atoms. The molecule has 7 heteroatoms. The van der Waals surface area contributed by atoms with Crippen LogP contribution in [0.4, 0.5) is 0 Å². The van der Waals surface area contributed by atoms with E-state index in [1.165, 1.54) is 31.9 Å². The van der Waals surface area contributed by atoms with Gasteiger partial charge in [0.25, 0.3) is 0 Å². The summed E-state index contributed by atoms with van der Waals surface area (Å²) in [6.07, 6.45) is 6.33. The number of esters is 1. The van der Waals surface area contributed by atoms with E-state index in [9.17, 15) is 4.79 Å². The summed E-state index contributed by atoms with van der Waals surface area (Å²) < 4.78 is 16.3. The van der Waals surface area contributed by atoms with Crippen LogP contribution in [0.5, 0.6) is 11.5 Å². The van der Waals surface area contributed by atoms with E-state index in [1.807, 2.05) is 0 Å². The van der Waals surface area contributed by atoms with Crippen molar-refractivity contribution in [2.24, 2.45) is 0 Å². The molecule has 0 atom stereocenters. The number of benzene rings is 1. The van der Waals surface area contributed by atoms with Crippen LogP contribution in [-0.4, -0.2) is 37.4 Å². The molecule has 2 aromatic rings. The van der Waals surface area contributed by atoms with Crippen LogP contribution in [0.2, 0.25) is 5.02 Å². The maximum atomic E-state index is 12.0. The van der Waals surface area contributed by atoms with Gasteiger partial charge in [-0.3, -0.25) is 10.3 Å². The Balaban J connectivity index is 1.83. The Labute approximate surface area is 157 Å². The Kier molecular flexibility index (Phi) is 6.16. The van der Waals surface area contributed by atoms with E-state index in [1.54, 1.807) is 26.2 Å². The van der Waals surface area contributed by atoms with Gasteiger partial charge in [0, 0.05) is 23.7 Å². The molecule has 0 unspecified atom stereocenters. The first-order valence-electron chi connectivity index (χ1n) is 8.83. The minimum atomic E-state index is -0.494. The van der Waals surface area contributed by atoms with E-state index in [0.717, 1.165) is 0 Å². The van der Waals surface area contributed by atoms with Crippen molar-refractivity contribution < 1.29 is 19.0 Å². The van der Waals surface area contributed by atoms with Gasteiger partial charge in [-0.05, 0) is 25.8 Å². The van der Waals surface area contributed by atoms with E-state index in [2.05, 4.69) is 10.3 Å². The molecule has 1 saturated carbocycles. The SMILES string of the molecule is CCOC(=O)c1cnc2cc(OCNC3CCCC3)c(OC)cc2c1Cl. The summed E-state index contributed by atoms with van der Waals surface area (Å²) >= 11 is 6.39. The van der Waals surface area contributed by atoms with Crippen molar-refractivity contribution in [2.75, 3.05) is 20.4 Å². The third-order valence-electron chi connectivity index (χ3n) is 4.54. The number of fused-ring (bicyclic) bond motifs is 1. The predicted octanol–water partition coefficient (Wildman–Crippen LogP) is 3.94. The van der Waals surface area contributed by atoms with Crippen LogP contribution in [0.3, 0.4) is 0 Å². The largest absolute Gasteiger partial charge is 0.493 e. The van der Waals surface area contributed by atoms with Gasteiger partial charge in [-0.15, -0.1) is 0 Å². The summed E-state index contributed by atoms with van der Waals surface area (Å²) in [5, 5.41) is 4.30. The second-order valence-corrected chi connectivity index (χ2v) is 6.58. The third kappa shape index (κ3) is 4.02. The zero-order valence-electron chi connectivity index (χ0n) is 15.0. The molecule has 1 aromatic heterocycles. The predicted molar refractivity (Wildman–Crippen MR) is 100 cm³/mol. The second kappa shape index (κ2) is 8.56. The van der Waals surface area contributed by atoms with Crippen molar-refractivity contribution in [1.29, 1.82) is 0 Å². The number of aromatic nitrogens is 1. The average molecular weight is 379 g/mol. The summed E-state index contributed by atoms with van der Waals surface area (Å²) in [6.45, 7) is 2.42. The Morgan fingerprint density at radius 3 is 2.77 bits per heavy atom. The third-order valence-corrected chi connectivity index (χ3v) is 4.95. The highest BCUT2D eigenvalue weighted by Crippen LogP contribution is 2.36. The van der Waals surface area contributed by atoms with E-state index in [0.29, 0.717) is 40.2 Å². The quantitative estimate of drug-likeness (QED) is 0.581. The van der Waals surface area contributed by atoms with Gasteiger partial charge in [0.15, 0.2) is 11.5 Å². The highest BCUT2D eigenvalue weighted by molar-refractivity contribution is 6.38. The summed E-state index contributed by atoms with van der Waals surface area (Å²) in [6, 6.07) is 4.02. The van der Waals surface area contributed by atoms with E-state index in [4.69, 9.17) is 25.8 Å². The monoisotopic (exact) mass is 378 g/mol. The molecule has 0 amide bonds. The number of ether oxygens (including phenoxy) is 3. The maximum absolute atomic E-state index is 12.0. The van der Waals surface area contributed by atoms with Crippen LogP contribution in [0.15, 0.2) is 18.3 Å². The van der Waals surface area contributed by atoms with Gasteiger partial charge in [-0.1, -0.05) is 24.4 Å². The zero-order valence-corrected chi connectivity index (χ0v) is 15.8. The highest BCUT2D eigenvalue weighted by atomic mass is 35.5. The maximum Gasteiger partial charge on any atom is 0.341 e. The van der Waals surface area contributed by atoms with Crippen LogP contribution in [0.1, 0.15) is 43.0 Å². The molecule has 6 nitrogen and oxygen atoms in total. The lowest BCUT2D eigenvalue weighted by Crippen LogP contribution is -2.29. The van der Waals surface area contributed by atoms with E-state index >= 15 is 0 Å². The molecule has 0 saturated heterocycles. The van der Waals surface area contributed by atoms with Crippen LogP contribution in [0.25, 0.3) is 10.9 Å². The van der Waals surface area contributed by atoms with Gasteiger partial charge in [0.05, 0.1) is 29.8 Å². The lowest BCUT2D eigenvalue weighted by molar-refractivity contribution is 0.0526.